The van der Waals surface area contributed by atoms with Crippen molar-refractivity contribution in [3.63, 3.8) is 0 Å². The van der Waals surface area contributed by atoms with Crippen molar-refractivity contribution in [1.29, 1.82) is 0 Å². The predicted molar refractivity (Wildman–Crippen MR) is 144 cm³/mol. The number of hydrogen-bond donors (Lipinski definition) is 1. The molecule has 0 saturated carbocycles. The van der Waals surface area contributed by atoms with Crippen molar-refractivity contribution in [2.24, 2.45) is 16.0 Å². The van der Waals surface area contributed by atoms with E-state index in [9.17, 15) is 14.4 Å². The van der Waals surface area contributed by atoms with Crippen molar-refractivity contribution in [2.75, 3.05) is 7.11 Å². The Labute approximate surface area is 224 Å². The summed E-state index contributed by atoms with van der Waals surface area (Å²) in [6.45, 7) is 0. The number of hydrazone groups is 1. The van der Waals surface area contributed by atoms with Gasteiger partial charge in [0, 0.05) is 29.4 Å². The highest BCUT2D eigenvalue weighted by molar-refractivity contribution is 6.36. The molecule has 9 heteroatoms. The molecule has 0 saturated heterocycles. The fraction of sp³-hybridized carbons (Fsp3) is 0.207. The summed E-state index contributed by atoms with van der Waals surface area (Å²) < 4.78 is 5.54. The van der Waals surface area contributed by atoms with Crippen LogP contribution in [-0.2, 0) is 14.4 Å². The summed E-state index contributed by atoms with van der Waals surface area (Å²) in [6.07, 6.45) is 4.94. The molecule has 8 nitrogen and oxygen atoms in total. The van der Waals surface area contributed by atoms with Gasteiger partial charge in [0.2, 0.25) is 5.91 Å². The fourth-order valence-electron chi connectivity index (χ4n) is 4.97. The molecule has 2 amide bonds. The molecule has 2 aromatic carbocycles. The molecule has 2 aliphatic heterocycles. The van der Waals surface area contributed by atoms with Gasteiger partial charge in [-0.05, 0) is 29.4 Å². The normalized spacial score (nSPS) is 20.5. The lowest BCUT2D eigenvalue weighted by Gasteiger charge is -2.27. The number of para-hydroxylation sites is 1. The van der Waals surface area contributed by atoms with Gasteiger partial charge in [-0.2, -0.15) is 5.10 Å². The molecule has 5 rings (SSSR count). The lowest BCUT2D eigenvalue weighted by Crippen LogP contribution is -2.27. The van der Waals surface area contributed by atoms with E-state index in [2.05, 4.69) is 10.1 Å². The number of carboxylic acids is 1. The van der Waals surface area contributed by atoms with Crippen LogP contribution in [0.25, 0.3) is 5.57 Å². The van der Waals surface area contributed by atoms with Gasteiger partial charge in [-0.3, -0.25) is 14.4 Å². The first-order valence-electron chi connectivity index (χ1n) is 12.1. The number of halogens is 1. The zero-order valence-corrected chi connectivity index (χ0v) is 21.3. The zero-order valence-electron chi connectivity index (χ0n) is 20.5. The molecule has 38 heavy (non-hydrogen) atoms. The summed E-state index contributed by atoms with van der Waals surface area (Å²) in [5.41, 5.74) is 3.52. The monoisotopic (exact) mass is 529 g/mol. The molecule has 1 aliphatic carbocycles. The Kier molecular flexibility index (Phi) is 7.07. The number of allylic oxidation sites excluding steroid dienone is 5. The standard InChI is InChI=1S/C29H24ClN3O5/c1-38-24-10-6-5-9-19(24)23-16-22(32-33(23)25(34)13-14-26(35)36)28-27(17-7-3-2-4-8-17)20-15-18(30)11-12-21(20)31-29(28)37/h2-12,15,20,23H,13-14,16H2,1H3,(H,35,36). The van der Waals surface area contributed by atoms with E-state index in [4.69, 9.17) is 21.4 Å². The average molecular weight is 530 g/mol. The van der Waals surface area contributed by atoms with Gasteiger partial charge in [0.1, 0.15) is 5.75 Å². The number of benzene rings is 2. The second kappa shape index (κ2) is 10.6. The number of amides is 2. The fourth-order valence-corrected chi connectivity index (χ4v) is 5.16. The summed E-state index contributed by atoms with van der Waals surface area (Å²) in [5.74, 6) is -1.81. The molecule has 0 fully saturated rings. The Hall–Kier alpha value is -4.30. The molecule has 2 aromatic rings. The van der Waals surface area contributed by atoms with Crippen molar-refractivity contribution in [2.45, 2.75) is 25.3 Å². The topological polar surface area (TPSA) is 109 Å². The maximum Gasteiger partial charge on any atom is 0.303 e. The number of rotatable bonds is 7. The van der Waals surface area contributed by atoms with E-state index in [1.165, 1.54) is 12.1 Å². The molecule has 1 N–H and O–H groups in total. The summed E-state index contributed by atoms with van der Waals surface area (Å²) in [4.78, 5) is 42.3. The molecular weight excluding hydrogens is 506 g/mol. The molecule has 0 bridgehead atoms. The number of carbonyl (C=O) groups excluding carboxylic acids is 2. The van der Waals surface area contributed by atoms with Crippen LogP contribution in [0.1, 0.15) is 36.4 Å². The van der Waals surface area contributed by atoms with E-state index in [1.54, 1.807) is 18.2 Å². The average Bonchev–Trinajstić information content (AvgIpc) is 3.36. The molecule has 0 spiro atoms. The minimum Gasteiger partial charge on any atom is -0.496 e. The number of nitrogens with zero attached hydrogens (tertiary/aromatic N) is 3. The van der Waals surface area contributed by atoms with E-state index in [1.807, 2.05) is 54.6 Å². The largest absolute Gasteiger partial charge is 0.496 e. The van der Waals surface area contributed by atoms with Crippen LogP contribution in [0.15, 0.2) is 93.5 Å². The quantitative estimate of drug-likeness (QED) is 0.547. The summed E-state index contributed by atoms with van der Waals surface area (Å²) >= 11 is 6.36. The van der Waals surface area contributed by atoms with Crippen molar-refractivity contribution in [1.82, 2.24) is 5.01 Å². The molecule has 2 atom stereocenters. The van der Waals surface area contributed by atoms with Gasteiger partial charge in [0.05, 0.1) is 36.6 Å². The number of carbonyl (C=O) groups is 3. The predicted octanol–water partition coefficient (Wildman–Crippen LogP) is 4.93. The Morgan fingerprint density at radius 1 is 1.08 bits per heavy atom. The van der Waals surface area contributed by atoms with Crippen LogP contribution in [0.3, 0.4) is 0 Å². The number of methoxy groups -OCH3 is 1. The van der Waals surface area contributed by atoms with Crippen LogP contribution in [-0.4, -0.2) is 46.4 Å². The number of fused-ring (bicyclic) bond motifs is 1. The SMILES string of the molecule is COc1ccccc1C1CC(C2=C(c3ccccc3)C3C=C(Cl)C=CC3=NC2=O)=NN1C(=O)CCC(=O)O. The molecule has 3 aliphatic rings. The Balaban J connectivity index is 1.65. The third-order valence-corrected chi connectivity index (χ3v) is 6.92. The van der Waals surface area contributed by atoms with Crippen LogP contribution in [0.4, 0.5) is 0 Å². The second-order valence-electron chi connectivity index (χ2n) is 9.00. The van der Waals surface area contributed by atoms with Crippen LogP contribution in [0.2, 0.25) is 0 Å². The number of aliphatic imine (C=N–C) groups is 1. The minimum atomic E-state index is -1.08. The molecule has 0 radical (unpaired) electrons. The number of ether oxygens (including phenoxy) is 1. The number of hydrogen-bond acceptors (Lipinski definition) is 5. The van der Waals surface area contributed by atoms with E-state index >= 15 is 0 Å². The van der Waals surface area contributed by atoms with Crippen LogP contribution < -0.4 is 4.74 Å². The van der Waals surface area contributed by atoms with Gasteiger partial charge in [-0.25, -0.2) is 10.0 Å². The molecule has 2 unspecified atom stereocenters. The van der Waals surface area contributed by atoms with Crippen molar-refractivity contribution in [3.8, 4) is 5.75 Å². The highest BCUT2D eigenvalue weighted by Crippen LogP contribution is 2.42. The van der Waals surface area contributed by atoms with Crippen LogP contribution in [0.5, 0.6) is 5.75 Å². The van der Waals surface area contributed by atoms with Gasteiger partial charge in [0.15, 0.2) is 0 Å². The number of dihydropyridines is 1. The number of carboxylic acid groups (broad SMARTS) is 1. The van der Waals surface area contributed by atoms with E-state index in [0.29, 0.717) is 38.9 Å². The summed E-state index contributed by atoms with van der Waals surface area (Å²) in [7, 11) is 1.54. The van der Waals surface area contributed by atoms with E-state index in [-0.39, 0.29) is 25.2 Å². The Morgan fingerprint density at radius 2 is 1.82 bits per heavy atom. The minimum absolute atomic E-state index is 0.224. The molecule has 2 heterocycles. The maximum absolute atomic E-state index is 13.5. The molecule has 192 valence electrons. The Bertz CT molecular complexity index is 1470. The summed E-state index contributed by atoms with van der Waals surface area (Å²) in [5, 5.41) is 15.6. The van der Waals surface area contributed by atoms with Gasteiger partial charge in [-0.15, -0.1) is 0 Å². The van der Waals surface area contributed by atoms with E-state index in [0.717, 1.165) is 5.56 Å². The second-order valence-corrected chi connectivity index (χ2v) is 9.44. The van der Waals surface area contributed by atoms with Crippen LogP contribution in [0, 0.1) is 5.92 Å². The van der Waals surface area contributed by atoms with Crippen molar-refractivity contribution in [3.05, 3.63) is 94.6 Å². The van der Waals surface area contributed by atoms with Crippen molar-refractivity contribution < 1.29 is 24.2 Å². The highest BCUT2D eigenvalue weighted by atomic mass is 35.5. The van der Waals surface area contributed by atoms with Gasteiger partial charge < -0.3 is 9.84 Å². The smallest absolute Gasteiger partial charge is 0.303 e. The van der Waals surface area contributed by atoms with Gasteiger partial charge in [-0.1, -0.05) is 66.2 Å². The molecular formula is C29H24ClN3O5. The lowest BCUT2D eigenvalue weighted by atomic mass is 9.79. The number of aliphatic carboxylic acids is 1. The third-order valence-electron chi connectivity index (χ3n) is 6.67. The highest BCUT2D eigenvalue weighted by Gasteiger charge is 2.41. The lowest BCUT2D eigenvalue weighted by molar-refractivity contribution is -0.141. The first-order chi connectivity index (χ1) is 18.4. The van der Waals surface area contributed by atoms with E-state index < -0.39 is 23.8 Å². The zero-order chi connectivity index (χ0) is 26.8. The van der Waals surface area contributed by atoms with Gasteiger partial charge >= 0.3 is 5.97 Å². The maximum atomic E-state index is 13.5. The molecule has 0 aromatic heterocycles. The van der Waals surface area contributed by atoms with Crippen molar-refractivity contribution >= 4 is 46.4 Å². The summed E-state index contributed by atoms with van der Waals surface area (Å²) in [6, 6.07) is 16.2. The van der Waals surface area contributed by atoms with Crippen LogP contribution >= 0.6 is 11.6 Å². The van der Waals surface area contributed by atoms with Gasteiger partial charge in [0.25, 0.3) is 5.91 Å². The third kappa shape index (κ3) is 4.82. The first-order valence-corrected chi connectivity index (χ1v) is 12.5. The first kappa shape index (κ1) is 25.4. The Morgan fingerprint density at radius 3 is 2.55 bits per heavy atom.